The van der Waals surface area contributed by atoms with Crippen LogP contribution in [0.4, 0.5) is 9.52 Å². The second kappa shape index (κ2) is 8.42. The van der Waals surface area contributed by atoms with Crippen molar-refractivity contribution in [1.29, 1.82) is 5.26 Å². The van der Waals surface area contributed by atoms with Gasteiger partial charge >= 0.3 is 0 Å². The number of rotatable bonds is 4. The van der Waals surface area contributed by atoms with Gasteiger partial charge in [0.15, 0.2) is 10.1 Å². The Morgan fingerprint density at radius 3 is 2.81 bits per heavy atom. The summed E-state index contributed by atoms with van der Waals surface area (Å²) in [5, 5.41) is 18.9. The molecule has 1 unspecified atom stereocenters. The number of nitriles is 1. The standard InChI is InChI=1S/C23H20FN5OS2/c1-4-9-31-22-28-27-21(32-22)29-16-10-23(2,3)11-17(30)19(16)18(14(12-25)20(29)26)13-7-5-6-8-15(13)24/h1,5-8,18H,9-11,26H2,2-3H3. The fourth-order valence-corrected chi connectivity index (χ4v) is 5.76. The predicted molar refractivity (Wildman–Crippen MR) is 123 cm³/mol. The number of hydrogen-bond donors (Lipinski definition) is 1. The fraction of sp³-hybridized carbons (Fsp3) is 0.304. The highest BCUT2D eigenvalue weighted by molar-refractivity contribution is 8.01. The van der Waals surface area contributed by atoms with Crippen molar-refractivity contribution in [2.45, 2.75) is 36.9 Å². The monoisotopic (exact) mass is 465 g/mol. The summed E-state index contributed by atoms with van der Waals surface area (Å²) in [5.41, 5.74) is 7.59. The van der Waals surface area contributed by atoms with E-state index in [1.807, 2.05) is 13.8 Å². The number of nitrogens with zero attached hydrogens (tertiary/aromatic N) is 4. The lowest BCUT2D eigenvalue weighted by Gasteiger charge is -2.42. The zero-order valence-corrected chi connectivity index (χ0v) is 19.2. The van der Waals surface area contributed by atoms with Gasteiger partial charge in [-0.15, -0.1) is 16.6 Å². The van der Waals surface area contributed by atoms with Gasteiger partial charge in [-0.2, -0.15) is 5.26 Å². The van der Waals surface area contributed by atoms with Crippen LogP contribution in [0.3, 0.4) is 0 Å². The molecule has 0 radical (unpaired) electrons. The quantitative estimate of drug-likeness (QED) is 0.530. The lowest BCUT2D eigenvalue weighted by Crippen LogP contribution is -2.42. The van der Waals surface area contributed by atoms with E-state index in [2.05, 4.69) is 22.2 Å². The van der Waals surface area contributed by atoms with E-state index < -0.39 is 11.7 Å². The topological polar surface area (TPSA) is 95.9 Å². The van der Waals surface area contributed by atoms with Crippen LogP contribution < -0.4 is 10.6 Å². The molecule has 0 bridgehead atoms. The SMILES string of the molecule is C#CCSc1nnc(N2C(N)=C(C#N)C(c3ccccc3F)C3=C2CC(C)(C)CC3=O)s1. The zero-order valence-electron chi connectivity index (χ0n) is 17.6. The molecule has 1 aromatic heterocycles. The fourth-order valence-electron chi connectivity index (χ4n) is 4.20. The molecule has 1 aromatic carbocycles. The summed E-state index contributed by atoms with van der Waals surface area (Å²) in [7, 11) is 0. The Labute approximate surface area is 194 Å². The van der Waals surface area contributed by atoms with Gasteiger partial charge < -0.3 is 5.73 Å². The van der Waals surface area contributed by atoms with Gasteiger partial charge in [-0.25, -0.2) is 4.39 Å². The van der Waals surface area contributed by atoms with E-state index in [0.29, 0.717) is 39.3 Å². The molecular formula is C23H20FN5OS2. The maximum atomic E-state index is 14.8. The van der Waals surface area contributed by atoms with Crippen molar-refractivity contribution >= 4 is 34.0 Å². The van der Waals surface area contributed by atoms with Gasteiger partial charge in [0.25, 0.3) is 0 Å². The van der Waals surface area contributed by atoms with E-state index in [4.69, 9.17) is 12.2 Å². The Bertz CT molecular complexity index is 1250. The number of anilines is 1. The van der Waals surface area contributed by atoms with E-state index >= 15 is 0 Å². The molecular weight excluding hydrogens is 445 g/mol. The average molecular weight is 466 g/mol. The molecule has 4 rings (SSSR count). The minimum absolute atomic E-state index is 0.120. The molecule has 1 aliphatic heterocycles. The van der Waals surface area contributed by atoms with Crippen molar-refractivity contribution in [2.75, 3.05) is 10.7 Å². The number of hydrogen-bond acceptors (Lipinski definition) is 8. The first-order chi connectivity index (χ1) is 15.3. The number of aromatic nitrogens is 2. The Balaban J connectivity index is 1.94. The molecule has 0 amide bonds. The van der Waals surface area contributed by atoms with Crippen LogP contribution in [-0.4, -0.2) is 21.7 Å². The van der Waals surface area contributed by atoms with Gasteiger partial charge in [0.05, 0.1) is 23.3 Å². The van der Waals surface area contributed by atoms with Crippen LogP contribution in [-0.2, 0) is 4.79 Å². The third-order valence-electron chi connectivity index (χ3n) is 5.46. The molecule has 2 heterocycles. The highest BCUT2D eigenvalue weighted by atomic mass is 32.2. The maximum absolute atomic E-state index is 14.8. The normalized spacial score (nSPS) is 20.1. The highest BCUT2D eigenvalue weighted by Crippen LogP contribution is 2.51. The van der Waals surface area contributed by atoms with Crippen LogP contribution in [0, 0.1) is 34.9 Å². The largest absolute Gasteiger partial charge is 0.384 e. The smallest absolute Gasteiger partial charge is 0.219 e. The molecule has 2 aliphatic rings. The molecule has 162 valence electrons. The molecule has 0 saturated carbocycles. The summed E-state index contributed by atoms with van der Waals surface area (Å²) in [6.07, 6.45) is 6.15. The predicted octanol–water partition coefficient (Wildman–Crippen LogP) is 4.34. The number of Topliss-reactive ketones (excluding diaryl/α,β-unsaturated/α-hetero) is 1. The van der Waals surface area contributed by atoms with E-state index in [-0.39, 0.29) is 28.2 Å². The Hall–Kier alpha value is -3.14. The van der Waals surface area contributed by atoms with Crippen LogP contribution in [0.2, 0.25) is 0 Å². The molecule has 0 saturated heterocycles. The van der Waals surface area contributed by atoms with Gasteiger partial charge in [-0.3, -0.25) is 9.69 Å². The Morgan fingerprint density at radius 2 is 2.12 bits per heavy atom. The number of nitrogens with two attached hydrogens (primary N) is 1. The summed E-state index contributed by atoms with van der Waals surface area (Å²) in [6, 6.07) is 8.31. The van der Waals surface area contributed by atoms with Crippen molar-refractivity contribution in [2.24, 2.45) is 11.1 Å². The van der Waals surface area contributed by atoms with Crippen LogP contribution in [0.1, 0.15) is 38.2 Å². The Kier molecular flexibility index (Phi) is 5.81. The first-order valence-corrected chi connectivity index (χ1v) is 11.7. The van der Waals surface area contributed by atoms with Gasteiger partial charge in [-0.1, -0.05) is 61.1 Å². The van der Waals surface area contributed by atoms with Crippen molar-refractivity contribution in [3.05, 3.63) is 58.3 Å². The second-order valence-corrected chi connectivity index (χ2v) is 10.5. The molecule has 9 heteroatoms. The van der Waals surface area contributed by atoms with Crippen molar-refractivity contribution in [3.8, 4) is 18.4 Å². The van der Waals surface area contributed by atoms with E-state index in [1.165, 1.54) is 29.2 Å². The van der Waals surface area contributed by atoms with Crippen molar-refractivity contribution in [1.82, 2.24) is 10.2 Å². The average Bonchev–Trinajstić information content (AvgIpc) is 3.19. The molecule has 0 spiro atoms. The summed E-state index contributed by atoms with van der Waals surface area (Å²) in [4.78, 5) is 15.0. The summed E-state index contributed by atoms with van der Waals surface area (Å²) in [5.74, 6) is 1.65. The number of benzene rings is 1. The minimum Gasteiger partial charge on any atom is -0.384 e. The molecule has 2 N–H and O–H groups in total. The van der Waals surface area contributed by atoms with Crippen LogP contribution in [0.15, 0.2) is 51.3 Å². The number of carbonyl (C=O) groups excluding carboxylic acids is 1. The number of carbonyl (C=O) groups is 1. The van der Waals surface area contributed by atoms with E-state index in [9.17, 15) is 14.4 Å². The molecule has 2 aromatic rings. The van der Waals surface area contributed by atoms with E-state index in [1.54, 1.807) is 23.1 Å². The van der Waals surface area contributed by atoms with Crippen molar-refractivity contribution in [3.63, 3.8) is 0 Å². The van der Waals surface area contributed by atoms with Crippen LogP contribution in [0.5, 0.6) is 0 Å². The molecule has 1 aliphatic carbocycles. The number of halogens is 1. The van der Waals surface area contributed by atoms with Gasteiger partial charge in [0, 0.05) is 23.3 Å². The second-order valence-electron chi connectivity index (χ2n) is 8.35. The number of ketones is 1. The minimum atomic E-state index is -0.862. The molecule has 1 atom stereocenters. The zero-order chi connectivity index (χ0) is 23.0. The highest BCUT2D eigenvalue weighted by Gasteiger charge is 2.46. The van der Waals surface area contributed by atoms with Gasteiger partial charge in [0.2, 0.25) is 5.13 Å². The van der Waals surface area contributed by atoms with Crippen LogP contribution in [0.25, 0.3) is 0 Å². The third-order valence-corrected chi connectivity index (χ3v) is 7.41. The van der Waals surface area contributed by atoms with Gasteiger partial charge in [0.1, 0.15) is 11.6 Å². The Morgan fingerprint density at radius 1 is 1.38 bits per heavy atom. The third kappa shape index (κ3) is 3.79. The lowest BCUT2D eigenvalue weighted by atomic mass is 9.68. The number of allylic oxidation sites excluding steroid dienone is 3. The molecule has 0 fully saturated rings. The molecule has 32 heavy (non-hydrogen) atoms. The lowest BCUT2D eigenvalue weighted by molar-refractivity contribution is -0.118. The maximum Gasteiger partial charge on any atom is 0.219 e. The molecule has 6 nitrogen and oxygen atoms in total. The van der Waals surface area contributed by atoms with Gasteiger partial charge in [-0.05, 0) is 17.9 Å². The first-order valence-electron chi connectivity index (χ1n) is 9.87. The summed E-state index contributed by atoms with van der Waals surface area (Å²) < 4.78 is 15.5. The van der Waals surface area contributed by atoms with Crippen molar-refractivity contribution < 1.29 is 9.18 Å². The summed E-state index contributed by atoms with van der Waals surface area (Å²) in [6.45, 7) is 4.00. The van der Waals surface area contributed by atoms with Crippen LogP contribution >= 0.6 is 23.1 Å². The van der Waals surface area contributed by atoms with E-state index in [0.717, 1.165) is 0 Å². The number of thioether (sulfide) groups is 1. The summed E-state index contributed by atoms with van der Waals surface area (Å²) >= 11 is 2.65. The first kappa shape index (κ1) is 22.1. The number of terminal acetylenes is 1.